The molecule has 8 nitrogen and oxygen atoms in total. The summed E-state index contributed by atoms with van der Waals surface area (Å²) in [5, 5.41) is 5.46. The van der Waals surface area contributed by atoms with E-state index in [9.17, 15) is 22.4 Å². The smallest absolute Gasteiger partial charge is 0.262 e. The number of benzene rings is 2. The fourth-order valence-electron chi connectivity index (χ4n) is 3.66. The lowest BCUT2D eigenvalue weighted by Gasteiger charge is -2.31. The van der Waals surface area contributed by atoms with Crippen LogP contribution in [0.2, 0.25) is 0 Å². The molecule has 31 heavy (non-hydrogen) atoms. The second-order valence-electron chi connectivity index (χ2n) is 7.52. The number of hydrogen-bond acceptors (Lipinski definition) is 5. The molecule has 0 radical (unpaired) electrons. The summed E-state index contributed by atoms with van der Waals surface area (Å²) in [7, 11) is -3.74. The van der Waals surface area contributed by atoms with E-state index in [0.29, 0.717) is 30.8 Å². The molecule has 2 aliphatic rings. The Labute approximate surface area is 179 Å². The second kappa shape index (κ2) is 8.64. The number of anilines is 1. The molecule has 2 N–H and O–H groups in total. The molecular formula is C21H22FN3O5S. The number of hydrogen-bond donors (Lipinski definition) is 2. The maximum absolute atomic E-state index is 13.0. The van der Waals surface area contributed by atoms with Crippen molar-refractivity contribution in [2.45, 2.75) is 24.3 Å². The van der Waals surface area contributed by atoms with Crippen molar-refractivity contribution < 1.29 is 27.1 Å². The highest BCUT2D eigenvalue weighted by molar-refractivity contribution is 7.89. The van der Waals surface area contributed by atoms with Gasteiger partial charge in [0.05, 0.1) is 10.6 Å². The zero-order valence-electron chi connectivity index (χ0n) is 16.6. The van der Waals surface area contributed by atoms with Crippen LogP contribution in [0.5, 0.6) is 5.75 Å². The molecule has 10 heteroatoms. The monoisotopic (exact) mass is 447 g/mol. The van der Waals surface area contributed by atoms with Crippen molar-refractivity contribution in [3.05, 3.63) is 53.8 Å². The standard InChI is InChI=1S/C21H22FN3O5S/c22-16-3-1-14(2-4-16)12-23-21(27)15-7-9-25(10-8-15)31(28,29)17-5-6-18-19(11-17)30-13-20(26)24-18/h1-6,11,15H,7-10,12-13H2,(H,23,27)(H,24,26). The summed E-state index contributed by atoms with van der Waals surface area (Å²) in [5.74, 6) is -0.731. The van der Waals surface area contributed by atoms with Crippen molar-refractivity contribution in [1.29, 1.82) is 0 Å². The normalized spacial score (nSPS) is 17.4. The molecular weight excluding hydrogens is 425 g/mol. The molecule has 2 aromatic carbocycles. The van der Waals surface area contributed by atoms with Gasteiger partial charge < -0.3 is 15.4 Å². The third-order valence-electron chi connectivity index (χ3n) is 5.43. The number of amides is 2. The molecule has 2 amide bonds. The van der Waals surface area contributed by atoms with Gasteiger partial charge in [-0.2, -0.15) is 4.31 Å². The van der Waals surface area contributed by atoms with Gasteiger partial charge in [-0.3, -0.25) is 9.59 Å². The van der Waals surface area contributed by atoms with Gasteiger partial charge in [0.15, 0.2) is 6.61 Å². The molecule has 4 rings (SSSR count). The lowest BCUT2D eigenvalue weighted by molar-refractivity contribution is -0.126. The average molecular weight is 447 g/mol. The van der Waals surface area contributed by atoms with Crippen molar-refractivity contribution >= 4 is 27.5 Å². The van der Waals surface area contributed by atoms with E-state index in [1.165, 1.54) is 34.6 Å². The summed E-state index contributed by atoms with van der Waals surface area (Å²) < 4.78 is 45.6. The lowest BCUT2D eigenvalue weighted by atomic mass is 9.97. The minimum Gasteiger partial charge on any atom is -0.482 e. The van der Waals surface area contributed by atoms with E-state index in [1.807, 2.05) is 0 Å². The number of sulfonamides is 1. The highest BCUT2D eigenvalue weighted by Crippen LogP contribution is 2.32. The van der Waals surface area contributed by atoms with E-state index in [-0.39, 0.29) is 48.1 Å². The van der Waals surface area contributed by atoms with Gasteiger partial charge in [-0.25, -0.2) is 12.8 Å². The zero-order chi connectivity index (χ0) is 22.0. The topological polar surface area (TPSA) is 105 Å². The third-order valence-corrected chi connectivity index (χ3v) is 7.32. The molecule has 2 aliphatic heterocycles. The van der Waals surface area contributed by atoms with Crippen molar-refractivity contribution in [3.63, 3.8) is 0 Å². The molecule has 0 bridgehead atoms. The van der Waals surface area contributed by atoms with Gasteiger partial charge in [0.25, 0.3) is 5.91 Å². The number of nitrogens with one attached hydrogen (secondary N) is 2. The van der Waals surface area contributed by atoms with Crippen LogP contribution in [0.15, 0.2) is 47.4 Å². The molecule has 0 spiro atoms. The number of ether oxygens (including phenoxy) is 1. The summed E-state index contributed by atoms with van der Waals surface area (Å²) >= 11 is 0. The fraction of sp³-hybridized carbons (Fsp3) is 0.333. The van der Waals surface area contributed by atoms with Gasteiger partial charge in [-0.05, 0) is 42.7 Å². The zero-order valence-corrected chi connectivity index (χ0v) is 17.5. The van der Waals surface area contributed by atoms with Crippen LogP contribution in [0.1, 0.15) is 18.4 Å². The number of carbonyl (C=O) groups is 2. The fourth-order valence-corrected chi connectivity index (χ4v) is 5.14. The Hall–Kier alpha value is -2.98. The molecule has 1 saturated heterocycles. The third kappa shape index (κ3) is 4.70. The SMILES string of the molecule is O=C1COc2cc(S(=O)(=O)N3CCC(C(=O)NCc4ccc(F)cc4)CC3)ccc2N1. The van der Waals surface area contributed by atoms with Gasteiger partial charge in [-0.15, -0.1) is 0 Å². The molecule has 0 aliphatic carbocycles. The summed E-state index contributed by atoms with van der Waals surface area (Å²) in [5.41, 5.74) is 1.23. The van der Waals surface area contributed by atoms with Crippen molar-refractivity contribution in [3.8, 4) is 5.75 Å². The Morgan fingerprint density at radius 3 is 2.58 bits per heavy atom. The molecule has 164 valence electrons. The van der Waals surface area contributed by atoms with Gasteiger partial charge in [0, 0.05) is 31.6 Å². The average Bonchev–Trinajstić information content (AvgIpc) is 2.78. The highest BCUT2D eigenvalue weighted by atomic mass is 32.2. The minimum absolute atomic E-state index is 0.0848. The summed E-state index contributed by atoms with van der Waals surface area (Å²) in [6.45, 7) is 0.593. The maximum Gasteiger partial charge on any atom is 0.262 e. The summed E-state index contributed by atoms with van der Waals surface area (Å²) in [4.78, 5) is 23.9. The van der Waals surface area contributed by atoms with Crippen molar-refractivity contribution in [2.75, 3.05) is 25.0 Å². The number of piperidine rings is 1. The Morgan fingerprint density at radius 2 is 1.87 bits per heavy atom. The molecule has 0 atom stereocenters. The van der Waals surface area contributed by atoms with E-state index < -0.39 is 10.0 Å². The highest BCUT2D eigenvalue weighted by Gasteiger charge is 2.32. The minimum atomic E-state index is -3.74. The van der Waals surface area contributed by atoms with E-state index in [2.05, 4.69) is 10.6 Å². The molecule has 0 saturated carbocycles. The Bertz CT molecular complexity index is 1100. The van der Waals surface area contributed by atoms with Crippen molar-refractivity contribution in [1.82, 2.24) is 9.62 Å². The van der Waals surface area contributed by atoms with E-state index in [0.717, 1.165) is 5.56 Å². The molecule has 1 fully saturated rings. The number of halogens is 1. The van der Waals surface area contributed by atoms with Crippen LogP contribution < -0.4 is 15.4 Å². The van der Waals surface area contributed by atoms with Crippen LogP contribution >= 0.6 is 0 Å². The largest absolute Gasteiger partial charge is 0.482 e. The van der Waals surface area contributed by atoms with E-state index in [1.54, 1.807) is 12.1 Å². The number of nitrogens with zero attached hydrogens (tertiary/aromatic N) is 1. The Morgan fingerprint density at radius 1 is 1.16 bits per heavy atom. The first-order valence-corrected chi connectivity index (χ1v) is 11.4. The first kappa shape index (κ1) is 21.3. The first-order chi connectivity index (χ1) is 14.8. The van der Waals surface area contributed by atoms with Crippen LogP contribution in [-0.4, -0.2) is 44.2 Å². The predicted octanol–water partition coefficient (Wildman–Crippen LogP) is 1.87. The van der Waals surface area contributed by atoms with Gasteiger partial charge >= 0.3 is 0 Å². The van der Waals surface area contributed by atoms with Gasteiger partial charge in [-0.1, -0.05) is 12.1 Å². The Balaban J connectivity index is 1.35. The lowest BCUT2D eigenvalue weighted by Crippen LogP contribution is -2.42. The maximum atomic E-state index is 13.0. The number of carbonyl (C=O) groups excluding carboxylic acids is 2. The van der Waals surface area contributed by atoms with Crippen LogP contribution in [-0.2, 0) is 26.2 Å². The van der Waals surface area contributed by atoms with E-state index in [4.69, 9.17) is 4.74 Å². The molecule has 2 aromatic rings. The predicted molar refractivity (Wildman–Crippen MR) is 110 cm³/mol. The quantitative estimate of drug-likeness (QED) is 0.728. The molecule has 2 heterocycles. The summed E-state index contributed by atoms with van der Waals surface area (Å²) in [6, 6.07) is 10.2. The molecule has 0 aromatic heterocycles. The van der Waals surface area contributed by atoms with E-state index >= 15 is 0 Å². The molecule has 0 unspecified atom stereocenters. The van der Waals surface area contributed by atoms with Gasteiger partial charge in [0.1, 0.15) is 11.6 Å². The number of fused-ring (bicyclic) bond motifs is 1. The van der Waals surface area contributed by atoms with Gasteiger partial charge in [0.2, 0.25) is 15.9 Å². The van der Waals surface area contributed by atoms with Crippen LogP contribution in [0.3, 0.4) is 0 Å². The van der Waals surface area contributed by atoms with Crippen molar-refractivity contribution in [2.24, 2.45) is 5.92 Å². The second-order valence-corrected chi connectivity index (χ2v) is 9.46. The number of rotatable bonds is 5. The van der Waals surface area contributed by atoms with Crippen LogP contribution in [0.4, 0.5) is 10.1 Å². The first-order valence-electron chi connectivity index (χ1n) is 9.92. The Kier molecular flexibility index (Phi) is 5.92. The summed E-state index contributed by atoms with van der Waals surface area (Å²) in [6.07, 6.45) is 0.817. The van der Waals surface area contributed by atoms with Crippen LogP contribution in [0, 0.1) is 11.7 Å². The van der Waals surface area contributed by atoms with Crippen LogP contribution in [0.25, 0.3) is 0 Å².